The second kappa shape index (κ2) is 11.5. The molecule has 1 aromatic carbocycles. The summed E-state index contributed by atoms with van der Waals surface area (Å²) in [7, 11) is 0. The second-order valence-corrected chi connectivity index (χ2v) is 8.83. The lowest BCUT2D eigenvalue weighted by Crippen LogP contribution is -2.31. The monoisotopic (exact) mass is 462 g/mol. The van der Waals surface area contributed by atoms with E-state index in [0.717, 1.165) is 16.9 Å². The fourth-order valence-corrected chi connectivity index (χ4v) is 4.41. The predicted octanol–water partition coefficient (Wildman–Crippen LogP) is 4.42. The predicted molar refractivity (Wildman–Crippen MR) is 130 cm³/mol. The van der Waals surface area contributed by atoms with E-state index >= 15 is 0 Å². The summed E-state index contributed by atoms with van der Waals surface area (Å²) in [4.78, 5) is 28.8. The van der Waals surface area contributed by atoms with Crippen LogP contribution in [0.3, 0.4) is 0 Å². The van der Waals surface area contributed by atoms with Gasteiger partial charge in [-0.05, 0) is 64.0 Å². The molecule has 1 fully saturated rings. The summed E-state index contributed by atoms with van der Waals surface area (Å²) in [6.45, 7) is 10.6. The highest BCUT2D eigenvalue weighted by Gasteiger charge is 2.30. The Bertz CT molecular complexity index is 911. The number of aliphatic hydroxyl groups is 1. The minimum absolute atomic E-state index is 0.0952. The number of thioether (sulfide) groups is 1. The maximum Gasteiger partial charge on any atom is 0.338 e. The van der Waals surface area contributed by atoms with Gasteiger partial charge in [-0.1, -0.05) is 37.0 Å². The zero-order valence-electron chi connectivity index (χ0n) is 18.7. The quantitative estimate of drug-likeness (QED) is 0.331. The van der Waals surface area contributed by atoms with E-state index in [2.05, 4.69) is 0 Å². The molecule has 1 saturated heterocycles. The molecular formula is C23H30N2O4S2. The van der Waals surface area contributed by atoms with Crippen LogP contribution in [0.2, 0.25) is 0 Å². The summed E-state index contributed by atoms with van der Waals surface area (Å²) in [5, 5.41) is 10.4. The van der Waals surface area contributed by atoms with Crippen molar-refractivity contribution < 1.29 is 19.4 Å². The van der Waals surface area contributed by atoms with E-state index in [-0.39, 0.29) is 11.9 Å². The summed E-state index contributed by atoms with van der Waals surface area (Å²) in [6, 6.07) is 5.39. The fraction of sp³-hybridized carbons (Fsp3) is 0.435. The Kier molecular flexibility index (Phi) is 9.28. The third kappa shape index (κ3) is 6.18. The lowest BCUT2D eigenvalue weighted by molar-refractivity contribution is -0.122. The second-order valence-electron chi connectivity index (χ2n) is 7.15. The van der Waals surface area contributed by atoms with Crippen molar-refractivity contribution in [2.45, 2.75) is 47.1 Å². The van der Waals surface area contributed by atoms with Gasteiger partial charge in [0.25, 0.3) is 5.91 Å². The fourth-order valence-electron chi connectivity index (χ4n) is 3.09. The van der Waals surface area contributed by atoms with Gasteiger partial charge in [0.05, 0.1) is 23.2 Å². The number of nitrogens with zero attached hydrogens (tertiary/aromatic N) is 2. The molecule has 0 aliphatic carbocycles. The maximum absolute atomic E-state index is 12.5. The van der Waals surface area contributed by atoms with E-state index in [1.54, 1.807) is 30.0 Å². The Labute approximate surface area is 193 Å². The van der Waals surface area contributed by atoms with Crippen LogP contribution in [0.15, 0.2) is 41.0 Å². The Morgan fingerprint density at radius 2 is 2.06 bits per heavy atom. The highest BCUT2D eigenvalue weighted by atomic mass is 32.2. The third-order valence-corrected chi connectivity index (χ3v) is 6.36. The largest absolute Gasteiger partial charge is 0.462 e. The van der Waals surface area contributed by atoms with Crippen LogP contribution in [0.25, 0.3) is 0 Å². The van der Waals surface area contributed by atoms with Crippen molar-refractivity contribution in [1.29, 1.82) is 0 Å². The highest BCUT2D eigenvalue weighted by Crippen LogP contribution is 2.31. The minimum Gasteiger partial charge on any atom is -0.462 e. The number of aliphatic hydroxyl groups excluding tert-OH is 1. The summed E-state index contributed by atoms with van der Waals surface area (Å²) in [5.74, 6) is -0.480. The highest BCUT2D eigenvalue weighted by molar-refractivity contribution is 8.26. The van der Waals surface area contributed by atoms with Crippen LogP contribution in [0.1, 0.15) is 50.0 Å². The number of allylic oxidation sites excluding steroid dienone is 3. The minimum atomic E-state index is -0.549. The van der Waals surface area contributed by atoms with Gasteiger partial charge in [0.15, 0.2) is 0 Å². The molecule has 8 heteroatoms. The van der Waals surface area contributed by atoms with Crippen molar-refractivity contribution in [1.82, 2.24) is 4.90 Å². The van der Waals surface area contributed by atoms with Gasteiger partial charge in [0.2, 0.25) is 0 Å². The van der Waals surface area contributed by atoms with Gasteiger partial charge >= 0.3 is 5.97 Å². The summed E-state index contributed by atoms with van der Waals surface area (Å²) < 4.78 is 5.69. The number of anilines is 1. The number of likely N-dealkylation sites (N-methyl/N-ethyl adjacent to an activating group) is 1. The van der Waals surface area contributed by atoms with Gasteiger partial charge in [-0.15, -0.1) is 0 Å². The molecule has 0 spiro atoms. The molecular weight excluding hydrogens is 432 g/mol. The van der Waals surface area contributed by atoms with Crippen molar-refractivity contribution in [3.05, 3.63) is 52.1 Å². The van der Waals surface area contributed by atoms with Crippen LogP contribution in [0.4, 0.5) is 5.69 Å². The Balaban J connectivity index is 2.43. The van der Waals surface area contributed by atoms with Crippen LogP contribution in [-0.4, -0.2) is 52.0 Å². The number of hydrogen-bond acceptors (Lipinski definition) is 7. The average Bonchev–Trinajstić information content (AvgIpc) is 3.03. The van der Waals surface area contributed by atoms with E-state index in [1.165, 1.54) is 11.8 Å². The molecule has 0 saturated carbocycles. The molecule has 0 radical (unpaired) electrons. The van der Waals surface area contributed by atoms with E-state index < -0.39 is 6.10 Å². The molecule has 1 aliphatic rings. The van der Waals surface area contributed by atoms with Gasteiger partial charge in [0, 0.05) is 24.5 Å². The van der Waals surface area contributed by atoms with Gasteiger partial charge in [-0.3, -0.25) is 9.69 Å². The lowest BCUT2D eigenvalue weighted by Gasteiger charge is -2.29. The number of thiocarbonyl (C=S) groups is 1. The molecule has 2 rings (SSSR count). The number of esters is 1. The molecule has 1 aromatic rings. The van der Waals surface area contributed by atoms with Crippen molar-refractivity contribution in [3.63, 3.8) is 0 Å². The average molecular weight is 463 g/mol. The molecule has 1 heterocycles. The van der Waals surface area contributed by atoms with Gasteiger partial charge in [-0.2, -0.15) is 0 Å². The first-order valence-corrected chi connectivity index (χ1v) is 11.6. The number of ether oxygens (including phenoxy) is 1. The Morgan fingerprint density at radius 3 is 2.65 bits per heavy atom. The molecule has 0 aromatic heterocycles. The van der Waals surface area contributed by atoms with Crippen LogP contribution in [0.5, 0.6) is 0 Å². The van der Waals surface area contributed by atoms with Gasteiger partial charge < -0.3 is 14.7 Å². The van der Waals surface area contributed by atoms with Crippen molar-refractivity contribution in [3.8, 4) is 0 Å². The van der Waals surface area contributed by atoms with E-state index in [4.69, 9.17) is 17.0 Å². The number of hydrogen-bond donors (Lipinski definition) is 1. The lowest BCUT2D eigenvalue weighted by atomic mass is 10.1. The van der Waals surface area contributed by atoms with Gasteiger partial charge in [0.1, 0.15) is 4.32 Å². The van der Waals surface area contributed by atoms with Crippen molar-refractivity contribution in [2.75, 3.05) is 24.6 Å². The van der Waals surface area contributed by atoms with E-state index in [1.807, 2.05) is 44.7 Å². The first-order valence-electron chi connectivity index (χ1n) is 10.4. The van der Waals surface area contributed by atoms with Crippen LogP contribution < -0.4 is 4.90 Å². The topological polar surface area (TPSA) is 70.1 Å². The van der Waals surface area contributed by atoms with E-state index in [9.17, 15) is 14.7 Å². The normalized spacial score (nSPS) is 16.8. The number of carbonyl (C=O) groups is 2. The van der Waals surface area contributed by atoms with Crippen molar-refractivity contribution in [2.24, 2.45) is 0 Å². The number of carbonyl (C=O) groups excluding carboxylic acids is 2. The molecule has 31 heavy (non-hydrogen) atoms. The number of amides is 1. The first-order chi connectivity index (χ1) is 14.7. The smallest absolute Gasteiger partial charge is 0.338 e. The Hall–Kier alpha value is -2.16. The zero-order valence-corrected chi connectivity index (χ0v) is 20.3. The van der Waals surface area contributed by atoms with E-state index in [0.29, 0.717) is 40.9 Å². The SMILES string of the molecule is CCOC(=O)c1ccc(C)c(N(CC(O)CC)/C(C)=C\C=C2/SC(=S)N(CC)C2=O)c1. The maximum atomic E-state index is 12.5. The van der Waals surface area contributed by atoms with Crippen LogP contribution >= 0.6 is 24.0 Å². The first kappa shape index (κ1) is 25.1. The van der Waals surface area contributed by atoms with Crippen molar-refractivity contribution >= 4 is 45.9 Å². The van der Waals surface area contributed by atoms with Crippen LogP contribution in [-0.2, 0) is 9.53 Å². The summed E-state index contributed by atoms with van der Waals surface area (Å²) >= 11 is 6.56. The molecule has 1 aliphatic heterocycles. The standard InChI is InChI=1S/C23H30N2O4S2/c1-6-18(26)14-25(19-13-17(11-9-15(19)4)22(28)29-8-3)16(5)10-12-20-21(27)24(7-2)23(30)31-20/h9-13,18,26H,6-8,14H2,1-5H3/b16-10-,20-12-. The van der Waals surface area contributed by atoms with Gasteiger partial charge in [-0.25, -0.2) is 4.79 Å². The molecule has 0 bridgehead atoms. The number of benzene rings is 1. The molecule has 168 valence electrons. The molecule has 1 unspecified atom stereocenters. The number of rotatable bonds is 9. The molecule has 1 atom stereocenters. The summed E-state index contributed by atoms with van der Waals surface area (Å²) in [5.41, 5.74) is 3.05. The number of aryl methyl sites for hydroxylation is 1. The Morgan fingerprint density at radius 1 is 1.35 bits per heavy atom. The zero-order chi connectivity index (χ0) is 23.1. The molecule has 1 amide bonds. The summed E-state index contributed by atoms with van der Waals surface area (Å²) in [6.07, 6.45) is 3.66. The molecule has 6 nitrogen and oxygen atoms in total. The molecule has 1 N–H and O–H groups in total. The third-order valence-electron chi connectivity index (χ3n) is 4.97. The van der Waals surface area contributed by atoms with Crippen LogP contribution in [0, 0.1) is 6.92 Å².